The fraction of sp³-hybridized carbons (Fsp3) is 0.786. The molecule has 12 heteroatoms. The maximum absolute atomic E-state index is 12.7. The Hall–Kier alpha value is -1.76. The average molecular weight is 385 g/mol. The normalized spacial score (nSPS) is 35.1. The summed E-state index contributed by atoms with van der Waals surface area (Å²) >= 11 is 0. The molecule has 0 aromatic carbocycles. The molecule has 1 spiro atoms. The second-order valence-corrected chi connectivity index (χ2v) is 8.77. The van der Waals surface area contributed by atoms with E-state index in [1.165, 1.54) is 4.90 Å². The lowest BCUT2D eigenvalue weighted by molar-refractivity contribution is -0.0530. The molecule has 142 valence electrons. The minimum absolute atomic E-state index is 0.158. The molecule has 2 aliphatic heterocycles. The Morgan fingerprint density at radius 2 is 1.96 bits per heavy atom. The second kappa shape index (κ2) is 5.15. The van der Waals surface area contributed by atoms with Gasteiger partial charge in [-0.15, -0.1) is 14.5 Å². The highest BCUT2D eigenvalue weighted by Gasteiger charge is 2.65. The van der Waals surface area contributed by atoms with Crippen molar-refractivity contribution in [3.05, 3.63) is 11.8 Å². The highest BCUT2D eigenvalue weighted by atomic mass is 32.3. The first-order valence-electron chi connectivity index (χ1n) is 8.61. The van der Waals surface area contributed by atoms with Crippen molar-refractivity contribution in [2.75, 3.05) is 6.54 Å². The van der Waals surface area contributed by atoms with Crippen molar-refractivity contribution < 1.29 is 26.5 Å². The predicted octanol–water partition coefficient (Wildman–Crippen LogP) is 0.340. The third-order valence-corrected chi connectivity index (χ3v) is 6.45. The molecule has 3 heterocycles. The van der Waals surface area contributed by atoms with E-state index in [1.807, 2.05) is 0 Å². The van der Waals surface area contributed by atoms with Gasteiger partial charge in [-0.2, -0.15) is 13.5 Å². The Labute approximate surface area is 149 Å². The molecule has 2 saturated heterocycles. The third kappa shape index (κ3) is 2.43. The predicted molar refractivity (Wildman–Crippen MR) is 83.6 cm³/mol. The number of nitrogens with two attached hydrogens (primary N) is 1. The third-order valence-electron chi connectivity index (χ3n) is 6.10. The molecule has 2 saturated carbocycles. The van der Waals surface area contributed by atoms with Gasteiger partial charge in [-0.1, -0.05) is 0 Å². The zero-order valence-corrected chi connectivity index (χ0v) is 14.6. The fourth-order valence-corrected chi connectivity index (χ4v) is 4.82. The molecular formula is C14H19N5O6S. The van der Waals surface area contributed by atoms with Crippen molar-refractivity contribution in [3.63, 3.8) is 0 Å². The van der Waals surface area contributed by atoms with Crippen molar-refractivity contribution in [3.8, 4) is 0 Å². The molecule has 4 fully saturated rings. The van der Waals surface area contributed by atoms with Crippen LogP contribution in [0.25, 0.3) is 0 Å². The van der Waals surface area contributed by atoms with Crippen LogP contribution in [0.5, 0.6) is 0 Å². The Morgan fingerprint density at radius 3 is 2.58 bits per heavy atom. The van der Waals surface area contributed by atoms with Crippen LogP contribution in [0.1, 0.15) is 55.8 Å². The number of carbonyl (C=O) groups excluding carboxylic acids is 1. The molecule has 2 amide bonds. The molecule has 1 aromatic heterocycles. The summed E-state index contributed by atoms with van der Waals surface area (Å²) in [7, 11) is -4.78. The number of carbonyl (C=O) groups is 1. The van der Waals surface area contributed by atoms with Crippen LogP contribution in [0.2, 0.25) is 0 Å². The summed E-state index contributed by atoms with van der Waals surface area (Å²) in [6, 6.07) is -1.30. The lowest BCUT2D eigenvalue weighted by Crippen LogP contribution is -2.43. The van der Waals surface area contributed by atoms with Crippen LogP contribution in [-0.2, 0) is 14.7 Å². The number of aromatic nitrogens is 2. The number of hydroxylamine groups is 2. The van der Waals surface area contributed by atoms with Gasteiger partial charge >= 0.3 is 16.4 Å². The Kier molecular flexibility index (Phi) is 3.25. The molecule has 1 unspecified atom stereocenters. The van der Waals surface area contributed by atoms with Crippen LogP contribution in [0.4, 0.5) is 4.79 Å². The number of fused-ring (bicyclic) bond motifs is 3. The van der Waals surface area contributed by atoms with Crippen LogP contribution in [0, 0.1) is 5.41 Å². The van der Waals surface area contributed by atoms with E-state index < -0.39 is 28.5 Å². The van der Waals surface area contributed by atoms with Crippen LogP contribution in [-0.4, -0.2) is 57.8 Å². The van der Waals surface area contributed by atoms with Gasteiger partial charge in [-0.05, 0) is 37.5 Å². The summed E-state index contributed by atoms with van der Waals surface area (Å²) in [6.07, 6.45) is 3.90. The Bertz CT molecular complexity index is 861. The number of rotatable bonds is 4. The zero-order valence-electron chi connectivity index (χ0n) is 13.8. The Balaban J connectivity index is 1.42. The van der Waals surface area contributed by atoms with Gasteiger partial charge in [0.25, 0.3) is 0 Å². The minimum atomic E-state index is -4.78. The van der Waals surface area contributed by atoms with Gasteiger partial charge in [0.05, 0.1) is 6.04 Å². The zero-order chi connectivity index (χ0) is 18.3. The molecule has 5 rings (SSSR count). The van der Waals surface area contributed by atoms with Gasteiger partial charge in [-0.25, -0.2) is 4.79 Å². The van der Waals surface area contributed by atoms with Crippen molar-refractivity contribution in [2.24, 2.45) is 11.1 Å². The summed E-state index contributed by atoms with van der Waals surface area (Å²) in [5.74, 6) is 1.05. The van der Waals surface area contributed by atoms with Gasteiger partial charge in [0.1, 0.15) is 6.04 Å². The molecule has 1 aromatic rings. The van der Waals surface area contributed by atoms with Gasteiger partial charge in [0.2, 0.25) is 11.8 Å². The topological polar surface area (TPSA) is 152 Å². The van der Waals surface area contributed by atoms with Crippen molar-refractivity contribution in [2.45, 2.75) is 56.1 Å². The van der Waals surface area contributed by atoms with Gasteiger partial charge in [0, 0.05) is 18.5 Å². The molecule has 4 aliphatic rings. The summed E-state index contributed by atoms with van der Waals surface area (Å²) in [6.45, 7) is 0.297. The van der Waals surface area contributed by atoms with Gasteiger partial charge in [-0.3, -0.25) is 4.55 Å². The molecule has 0 radical (unpaired) electrons. The number of amides is 2. The van der Waals surface area contributed by atoms with Gasteiger partial charge < -0.3 is 15.1 Å². The number of nitrogens with zero attached hydrogens (tertiary/aromatic N) is 4. The highest BCUT2D eigenvalue weighted by Crippen LogP contribution is 2.61. The lowest BCUT2D eigenvalue weighted by Gasteiger charge is -2.34. The van der Waals surface area contributed by atoms with E-state index in [1.54, 1.807) is 0 Å². The summed E-state index contributed by atoms with van der Waals surface area (Å²) in [5.41, 5.74) is 5.56. The molecule has 2 bridgehead atoms. The van der Waals surface area contributed by atoms with Crippen molar-refractivity contribution >= 4 is 16.4 Å². The molecular weight excluding hydrogens is 366 g/mol. The summed E-state index contributed by atoms with van der Waals surface area (Å²) in [5, 5.41) is 9.03. The van der Waals surface area contributed by atoms with Crippen LogP contribution in [0.3, 0.4) is 0 Å². The van der Waals surface area contributed by atoms with Crippen LogP contribution >= 0.6 is 0 Å². The summed E-state index contributed by atoms with van der Waals surface area (Å²) in [4.78, 5) is 14.1. The van der Waals surface area contributed by atoms with E-state index in [2.05, 4.69) is 14.5 Å². The van der Waals surface area contributed by atoms with Crippen LogP contribution in [0.15, 0.2) is 4.42 Å². The molecule has 2 atom stereocenters. The summed E-state index contributed by atoms with van der Waals surface area (Å²) < 4.78 is 41.6. The van der Waals surface area contributed by atoms with E-state index in [4.69, 9.17) is 14.7 Å². The van der Waals surface area contributed by atoms with Gasteiger partial charge in [0.15, 0.2) is 0 Å². The first-order chi connectivity index (χ1) is 12.3. The molecule has 11 nitrogen and oxygen atoms in total. The molecule has 26 heavy (non-hydrogen) atoms. The van der Waals surface area contributed by atoms with Crippen LogP contribution < -0.4 is 5.73 Å². The lowest BCUT2D eigenvalue weighted by atomic mass is 9.81. The maximum Gasteiger partial charge on any atom is 0.418 e. The van der Waals surface area contributed by atoms with Crippen molar-refractivity contribution in [1.82, 2.24) is 20.2 Å². The van der Waals surface area contributed by atoms with E-state index in [-0.39, 0.29) is 17.4 Å². The second-order valence-electron chi connectivity index (χ2n) is 7.77. The fourth-order valence-electron chi connectivity index (χ4n) is 4.45. The van der Waals surface area contributed by atoms with E-state index in [9.17, 15) is 13.2 Å². The maximum atomic E-state index is 12.7. The van der Waals surface area contributed by atoms with Crippen molar-refractivity contribution in [1.29, 1.82) is 0 Å². The standard InChI is InChI=1S/C14H19N5O6S/c15-8-3-7(4-8)11-16-17-12(24-11)9-5-14(1-2-14)10-6-18(9)13(20)19(10)25-26(21,22)23/h7-10H,1-6,15H2,(H,21,22,23)/t7?,8?,9?,10-/m0/s1. The molecule has 2 aliphatic carbocycles. The quantitative estimate of drug-likeness (QED) is 0.699. The van der Waals surface area contributed by atoms with E-state index in [0.717, 1.165) is 30.7 Å². The first-order valence-corrected chi connectivity index (χ1v) is 9.98. The monoisotopic (exact) mass is 385 g/mol. The largest absolute Gasteiger partial charge is 0.423 e. The molecule has 3 N–H and O–H groups in total. The number of hydrogen-bond donors (Lipinski definition) is 2. The smallest absolute Gasteiger partial charge is 0.418 e. The number of urea groups is 1. The number of piperidine rings is 1. The average Bonchev–Trinajstić information content (AvgIpc) is 3.02. The van der Waals surface area contributed by atoms with E-state index in [0.29, 0.717) is 24.7 Å². The minimum Gasteiger partial charge on any atom is -0.423 e. The SMILES string of the molecule is NC1CC(c2nnc(C3CC4(CC4)[C@@H]4CN3C(=O)N4OS(=O)(=O)O)o2)C1. The highest BCUT2D eigenvalue weighted by molar-refractivity contribution is 7.80. The Morgan fingerprint density at radius 1 is 1.27 bits per heavy atom. The van der Waals surface area contributed by atoms with E-state index >= 15 is 0 Å². The number of hydrogen-bond acceptors (Lipinski definition) is 8. The first kappa shape index (κ1) is 16.4.